The minimum absolute atomic E-state index is 0.119. The first-order chi connectivity index (χ1) is 9.60. The SMILES string of the molecule is N#Cc1cc(F)ccc1CSc1ccc(C(=O)O)cn1. The third-order valence-electron chi connectivity index (χ3n) is 2.55. The van der Waals surface area contributed by atoms with Crippen molar-refractivity contribution < 1.29 is 14.3 Å². The zero-order chi connectivity index (χ0) is 14.5. The summed E-state index contributed by atoms with van der Waals surface area (Å²) >= 11 is 1.35. The molecule has 0 saturated carbocycles. The van der Waals surface area contributed by atoms with Gasteiger partial charge in [0, 0.05) is 11.9 Å². The van der Waals surface area contributed by atoms with Crippen LogP contribution in [-0.4, -0.2) is 16.1 Å². The Morgan fingerprint density at radius 2 is 2.20 bits per heavy atom. The zero-order valence-corrected chi connectivity index (χ0v) is 11.0. The number of thioether (sulfide) groups is 1. The summed E-state index contributed by atoms with van der Waals surface area (Å²) in [5.74, 6) is -1.01. The molecule has 0 fully saturated rings. The van der Waals surface area contributed by atoms with Crippen molar-refractivity contribution in [3.63, 3.8) is 0 Å². The number of carbonyl (C=O) groups is 1. The average molecular weight is 288 g/mol. The summed E-state index contributed by atoms with van der Waals surface area (Å²) in [6.07, 6.45) is 1.28. The number of halogens is 1. The molecular weight excluding hydrogens is 279 g/mol. The highest BCUT2D eigenvalue weighted by Gasteiger charge is 2.06. The molecule has 0 amide bonds. The fourth-order valence-electron chi connectivity index (χ4n) is 1.52. The zero-order valence-electron chi connectivity index (χ0n) is 10.2. The third kappa shape index (κ3) is 3.33. The molecule has 4 nitrogen and oxygen atoms in total. The molecule has 0 spiro atoms. The smallest absolute Gasteiger partial charge is 0.337 e. The maximum absolute atomic E-state index is 13.0. The van der Waals surface area contributed by atoms with Gasteiger partial charge in [0.2, 0.25) is 0 Å². The molecule has 1 heterocycles. The fraction of sp³-hybridized carbons (Fsp3) is 0.0714. The predicted octanol–water partition coefficient (Wildman–Crippen LogP) is 3.08. The van der Waals surface area contributed by atoms with Gasteiger partial charge in [0.1, 0.15) is 5.82 Å². The highest BCUT2D eigenvalue weighted by molar-refractivity contribution is 7.98. The molecule has 0 atom stereocenters. The number of aromatic nitrogens is 1. The lowest BCUT2D eigenvalue weighted by molar-refractivity contribution is 0.0696. The Kier molecular flexibility index (Phi) is 4.33. The van der Waals surface area contributed by atoms with Gasteiger partial charge in [0.05, 0.1) is 22.2 Å². The molecule has 0 unspecified atom stereocenters. The quantitative estimate of drug-likeness (QED) is 0.875. The molecular formula is C14H9FN2O2S. The van der Waals surface area contributed by atoms with E-state index in [1.807, 2.05) is 6.07 Å². The second-order valence-corrected chi connectivity index (χ2v) is 4.89. The molecule has 2 rings (SSSR count). The molecule has 20 heavy (non-hydrogen) atoms. The van der Waals surface area contributed by atoms with Crippen molar-refractivity contribution >= 4 is 17.7 Å². The maximum Gasteiger partial charge on any atom is 0.337 e. The minimum atomic E-state index is -1.03. The summed E-state index contributed by atoms with van der Waals surface area (Å²) in [6, 6.07) is 9.07. The van der Waals surface area contributed by atoms with Crippen molar-refractivity contribution in [2.45, 2.75) is 10.8 Å². The van der Waals surface area contributed by atoms with Crippen LogP contribution in [0, 0.1) is 17.1 Å². The van der Waals surface area contributed by atoms with Crippen LogP contribution in [-0.2, 0) is 5.75 Å². The highest BCUT2D eigenvalue weighted by Crippen LogP contribution is 2.23. The fourth-order valence-corrected chi connectivity index (χ4v) is 2.37. The Labute approximate surface area is 118 Å². The van der Waals surface area contributed by atoms with Gasteiger partial charge in [0.15, 0.2) is 0 Å². The van der Waals surface area contributed by atoms with Crippen LogP contribution in [0.1, 0.15) is 21.5 Å². The summed E-state index contributed by atoms with van der Waals surface area (Å²) in [4.78, 5) is 14.7. The Morgan fingerprint density at radius 1 is 1.40 bits per heavy atom. The van der Waals surface area contributed by atoms with Crippen molar-refractivity contribution in [2.75, 3.05) is 0 Å². The monoisotopic (exact) mass is 288 g/mol. The molecule has 2 aromatic rings. The van der Waals surface area contributed by atoms with Gasteiger partial charge < -0.3 is 5.11 Å². The predicted molar refractivity (Wildman–Crippen MR) is 71.9 cm³/mol. The lowest BCUT2D eigenvalue weighted by Crippen LogP contribution is -1.97. The molecule has 100 valence electrons. The standard InChI is InChI=1S/C14H9FN2O2S/c15-12-3-1-10(11(5-12)6-16)8-20-13-4-2-9(7-17-13)14(18)19/h1-5,7H,8H2,(H,18,19). The van der Waals surface area contributed by atoms with Crippen LogP contribution in [0.4, 0.5) is 4.39 Å². The topological polar surface area (TPSA) is 74.0 Å². The van der Waals surface area contributed by atoms with Crippen molar-refractivity contribution in [1.82, 2.24) is 4.98 Å². The lowest BCUT2D eigenvalue weighted by Gasteiger charge is -2.04. The molecule has 0 saturated heterocycles. The second-order valence-electron chi connectivity index (χ2n) is 3.89. The van der Waals surface area contributed by atoms with E-state index in [0.29, 0.717) is 21.9 Å². The Balaban J connectivity index is 2.09. The first-order valence-electron chi connectivity index (χ1n) is 5.61. The molecule has 1 aromatic carbocycles. The summed E-state index contributed by atoms with van der Waals surface area (Å²) in [7, 11) is 0. The molecule has 6 heteroatoms. The Morgan fingerprint density at radius 3 is 2.80 bits per heavy atom. The number of carboxylic acid groups (broad SMARTS) is 1. The highest BCUT2D eigenvalue weighted by atomic mass is 32.2. The summed E-state index contributed by atoms with van der Waals surface area (Å²) in [5.41, 5.74) is 1.12. The third-order valence-corrected chi connectivity index (χ3v) is 3.54. The van der Waals surface area contributed by atoms with Crippen molar-refractivity contribution in [2.24, 2.45) is 0 Å². The number of aromatic carboxylic acids is 1. The number of benzene rings is 1. The Bertz CT molecular complexity index is 681. The molecule has 0 bridgehead atoms. The van der Waals surface area contributed by atoms with Crippen LogP contribution < -0.4 is 0 Å². The normalized spacial score (nSPS) is 10.0. The van der Waals surface area contributed by atoms with E-state index in [9.17, 15) is 9.18 Å². The van der Waals surface area contributed by atoms with E-state index < -0.39 is 11.8 Å². The number of nitrogens with zero attached hydrogens (tertiary/aromatic N) is 2. The van der Waals surface area contributed by atoms with E-state index in [0.717, 1.165) is 0 Å². The van der Waals surface area contributed by atoms with E-state index in [4.69, 9.17) is 10.4 Å². The van der Waals surface area contributed by atoms with Crippen LogP contribution in [0.15, 0.2) is 41.6 Å². The van der Waals surface area contributed by atoms with Gasteiger partial charge in [-0.05, 0) is 29.8 Å². The molecule has 0 aliphatic rings. The molecule has 0 aliphatic carbocycles. The first kappa shape index (κ1) is 14.0. The van der Waals surface area contributed by atoms with E-state index >= 15 is 0 Å². The van der Waals surface area contributed by atoms with Gasteiger partial charge in [-0.2, -0.15) is 5.26 Å². The minimum Gasteiger partial charge on any atom is -0.478 e. The van der Waals surface area contributed by atoms with Crippen LogP contribution in [0.5, 0.6) is 0 Å². The number of hydrogen-bond acceptors (Lipinski definition) is 4. The summed E-state index contributed by atoms with van der Waals surface area (Å²) in [6.45, 7) is 0. The number of nitriles is 1. The van der Waals surface area contributed by atoms with E-state index in [2.05, 4.69) is 4.98 Å². The average Bonchev–Trinajstić information content (AvgIpc) is 2.46. The van der Waals surface area contributed by atoms with Gasteiger partial charge in [0.25, 0.3) is 0 Å². The summed E-state index contributed by atoms with van der Waals surface area (Å²) < 4.78 is 13.0. The first-order valence-corrected chi connectivity index (χ1v) is 6.59. The van der Waals surface area contributed by atoms with E-state index in [-0.39, 0.29) is 5.56 Å². The largest absolute Gasteiger partial charge is 0.478 e. The molecule has 1 N–H and O–H groups in total. The number of pyridine rings is 1. The maximum atomic E-state index is 13.0. The van der Waals surface area contributed by atoms with Crippen LogP contribution in [0.25, 0.3) is 0 Å². The van der Waals surface area contributed by atoms with Crippen molar-refractivity contribution in [3.05, 3.63) is 59.0 Å². The number of carboxylic acids is 1. The van der Waals surface area contributed by atoms with Gasteiger partial charge in [-0.3, -0.25) is 0 Å². The van der Waals surface area contributed by atoms with Crippen LogP contribution >= 0.6 is 11.8 Å². The lowest BCUT2D eigenvalue weighted by atomic mass is 10.1. The van der Waals surface area contributed by atoms with Gasteiger partial charge >= 0.3 is 5.97 Å². The number of hydrogen-bond donors (Lipinski definition) is 1. The van der Waals surface area contributed by atoms with Crippen LogP contribution in [0.2, 0.25) is 0 Å². The van der Waals surface area contributed by atoms with Gasteiger partial charge in [-0.25, -0.2) is 14.2 Å². The number of rotatable bonds is 4. The molecule has 0 aliphatic heterocycles. The van der Waals surface area contributed by atoms with Gasteiger partial charge in [-0.15, -0.1) is 11.8 Å². The Hall–Kier alpha value is -2.39. The summed E-state index contributed by atoms with van der Waals surface area (Å²) in [5, 5.41) is 18.3. The van der Waals surface area contributed by atoms with Crippen LogP contribution in [0.3, 0.4) is 0 Å². The van der Waals surface area contributed by atoms with Crippen molar-refractivity contribution in [1.29, 1.82) is 5.26 Å². The molecule has 0 radical (unpaired) electrons. The molecule has 1 aromatic heterocycles. The van der Waals surface area contributed by atoms with Crippen molar-refractivity contribution in [3.8, 4) is 6.07 Å². The second kappa shape index (κ2) is 6.17. The van der Waals surface area contributed by atoms with E-state index in [1.165, 1.54) is 36.2 Å². The van der Waals surface area contributed by atoms with Gasteiger partial charge in [-0.1, -0.05) is 6.07 Å². The van der Waals surface area contributed by atoms with E-state index in [1.54, 1.807) is 12.1 Å².